The van der Waals surface area contributed by atoms with Crippen LogP contribution >= 0.6 is 0 Å². The zero-order valence-electron chi connectivity index (χ0n) is 14.5. The zero-order valence-corrected chi connectivity index (χ0v) is 15.4. The molecule has 0 spiro atoms. The summed E-state index contributed by atoms with van der Waals surface area (Å²) in [6.45, 7) is 1.99. The van der Waals surface area contributed by atoms with Crippen LogP contribution in [0, 0.1) is 10.1 Å². The second-order valence-electron chi connectivity index (χ2n) is 6.11. The van der Waals surface area contributed by atoms with Gasteiger partial charge >= 0.3 is 0 Å². The van der Waals surface area contributed by atoms with Crippen molar-refractivity contribution >= 4 is 32.8 Å². The van der Waals surface area contributed by atoms with Gasteiger partial charge in [0, 0.05) is 11.8 Å². The first kappa shape index (κ1) is 18.6. The lowest BCUT2D eigenvalue weighted by Crippen LogP contribution is -2.13. The van der Waals surface area contributed by atoms with Crippen molar-refractivity contribution in [2.24, 2.45) is 5.10 Å². The van der Waals surface area contributed by atoms with Crippen LogP contribution in [0.3, 0.4) is 0 Å². The molecule has 0 unspecified atom stereocenters. The van der Waals surface area contributed by atoms with Crippen molar-refractivity contribution in [1.82, 2.24) is 0 Å². The Morgan fingerprint density at radius 1 is 1.11 bits per heavy atom. The molecule has 0 amide bonds. The molecule has 0 aliphatic heterocycles. The summed E-state index contributed by atoms with van der Waals surface area (Å²) in [6, 6.07) is 12.0. The van der Waals surface area contributed by atoms with Gasteiger partial charge in [0.2, 0.25) is 0 Å². The van der Waals surface area contributed by atoms with Gasteiger partial charge in [-0.25, -0.2) is 8.42 Å². The van der Waals surface area contributed by atoms with E-state index in [-0.39, 0.29) is 16.3 Å². The Morgan fingerprint density at radius 2 is 1.85 bits per heavy atom. The molecule has 0 fully saturated rings. The topological polar surface area (TPSA) is 114 Å². The molecule has 0 saturated heterocycles. The van der Waals surface area contributed by atoms with E-state index in [0.717, 1.165) is 24.6 Å². The van der Waals surface area contributed by atoms with E-state index in [9.17, 15) is 18.5 Å². The van der Waals surface area contributed by atoms with Crippen LogP contribution in [0.1, 0.15) is 19.8 Å². The molecule has 27 heavy (non-hydrogen) atoms. The Morgan fingerprint density at radius 3 is 2.48 bits per heavy atom. The quantitative estimate of drug-likeness (QED) is 0.577. The highest BCUT2D eigenvalue weighted by atomic mass is 32.2. The lowest BCUT2D eigenvalue weighted by atomic mass is 10.3. The fourth-order valence-electron chi connectivity index (χ4n) is 2.62. The number of nitrogens with zero attached hydrogens (tertiary/aromatic N) is 2. The van der Waals surface area contributed by atoms with Gasteiger partial charge in [-0.15, -0.1) is 0 Å². The standard InChI is InChI=1S/C18H18N4O4S/c1-13-7-8-15(11-13)19-20-17-10-9-16(12-18(17)22(23)24)27(25,26)21-14-5-3-2-4-6-14/h2-6,9-12,20-21H,7-8H2,1H3. The minimum Gasteiger partial charge on any atom is -0.280 e. The predicted octanol–water partition coefficient (Wildman–Crippen LogP) is 3.90. The van der Waals surface area contributed by atoms with Gasteiger partial charge < -0.3 is 0 Å². The molecule has 1 aliphatic carbocycles. The molecule has 0 atom stereocenters. The molecule has 8 nitrogen and oxygen atoms in total. The molecule has 0 radical (unpaired) electrons. The van der Waals surface area contributed by atoms with Crippen molar-refractivity contribution in [3.05, 3.63) is 70.3 Å². The summed E-state index contributed by atoms with van der Waals surface area (Å²) in [7, 11) is -3.95. The minimum atomic E-state index is -3.95. The van der Waals surface area contributed by atoms with E-state index in [2.05, 4.69) is 15.2 Å². The monoisotopic (exact) mass is 386 g/mol. The normalized spacial score (nSPS) is 15.4. The molecule has 9 heteroatoms. The summed E-state index contributed by atoms with van der Waals surface area (Å²) in [5.41, 5.74) is 4.80. The highest BCUT2D eigenvalue weighted by Gasteiger charge is 2.21. The van der Waals surface area contributed by atoms with E-state index in [1.54, 1.807) is 30.3 Å². The molecule has 0 heterocycles. The molecule has 0 saturated carbocycles. The molecule has 140 valence electrons. The van der Waals surface area contributed by atoms with E-state index in [1.807, 2.05) is 13.0 Å². The van der Waals surface area contributed by atoms with Gasteiger partial charge in [-0.05, 0) is 50.1 Å². The largest absolute Gasteiger partial charge is 0.295 e. The van der Waals surface area contributed by atoms with Crippen LogP contribution in [0.4, 0.5) is 17.1 Å². The lowest BCUT2D eigenvalue weighted by molar-refractivity contribution is -0.384. The van der Waals surface area contributed by atoms with Crippen molar-refractivity contribution in [3.63, 3.8) is 0 Å². The summed E-state index contributed by atoms with van der Waals surface area (Å²) in [5, 5.41) is 15.6. The maximum atomic E-state index is 12.5. The number of nitro groups is 1. The van der Waals surface area contributed by atoms with Crippen LogP contribution in [0.25, 0.3) is 0 Å². The second-order valence-corrected chi connectivity index (χ2v) is 7.80. The Hall–Kier alpha value is -3.20. The van der Waals surface area contributed by atoms with E-state index < -0.39 is 14.9 Å². The summed E-state index contributed by atoms with van der Waals surface area (Å²) in [4.78, 5) is 10.6. The van der Waals surface area contributed by atoms with E-state index in [1.165, 1.54) is 17.7 Å². The van der Waals surface area contributed by atoms with E-state index in [0.29, 0.717) is 5.69 Å². The van der Waals surface area contributed by atoms with Gasteiger partial charge in [-0.2, -0.15) is 5.10 Å². The highest BCUT2D eigenvalue weighted by Crippen LogP contribution is 2.29. The van der Waals surface area contributed by atoms with Crippen molar-refractivity contribution < 1.29 is 13.3 Å². The van der Waals surface area contributed by atoms with Gasteiger partial charge in [0.05, 0.1) is 15.5 Å². The fraction of sp³-hybridized carbons (Fsp3) is 0.167. The van der Waals surface area contributed by atoms with Crippen molar-refractivity contribution in [2.45, 2.75) is 24.7 Å². The maximum Gasteiger partial charge on any atom is 0.295 e. The highest BCUT2D eigenvalue weighted by molar-refractivity contribution is 7.92. The number of hydrogen-bond donors (Lipinski definition) is 2. The van der Waals surface area contributed by atoms with Crippen LogP contribution in [0.5, 0.6) is 0 Å². The minimum absolute atomic E-state index is 0.129. The number of sulfonamides is 1. The average Bonchev–Trinajstić information content (AvgIpc) is 3.05. The number of hydrazone groups is 1. The van der Waals surface area contributed by atoms with Gasteiger partial charge in [0.25, 0.3) is 15.7 Å². The smallest absolute Gasteiger partial charge is 0.280 e. The molecule has 0 bridgehead atoms. The first-order valence-electron chi connectivity index (χ1n) is 8.21. The Balaban J connectivity index is 1.88. The van der Waals surface area contributed by atoms with Crippen LogP contribution in [0.2, 0.25) is 0 Å². The number of rotatable bonds is 6. The molecular formula is C18H18N4O4S. The number of nitrogens with one attached hydrogen (secondary N) is 2. The number of anilines is 2. The van der Waals surface area contributed by atoms with Gasteiger partial charge in [-0.1, -0.05) is 23.8 Å². The van der Waals surface area contributed by atoms with E-state index >= 15 is 0 Å². The lowest BCUT2D eigenvalue weighted by Gasteiger charge is -2.09. The summed E-state index contributed by atoms with van der Waals surface area (Å²) in [5.74, 6) is 0. The number of hydrogen-bond acceptors (Lipinski definition) is 6. The van der Waals surface area contributed by atoms with Gasteiger partial charge in [0.15, 0.2) is 0 Å². The van der Waals surface area contributed by atoms with Crippen LogP contribution < -0.4 is 10.1 Å². The van der Waals surface area contributed by atoms with Crippen LogP contribution in [-0.4, -0.2) is 19.1 Å². The number of benzene rings is 2. The van der Waals surface area contributed by atoms with Crippen molar-refractivity contribution in [3.8, 4) is 0 Å². The number of para-hydroxylation sites is 1. The predicted molar refractivity (Wildman–Crippen MR) is 104 cm³/mol. The summed E-state index contributed by atoms with van der Waals surface area (Å²) in [6.07, 6.45) is 3.59. The number of allylic oxidation sites excluding steroid dienone is 2. The van der Waals surface area contributed by atoms with Crippen molar-refractivity contribution in [1.29, 1.82) is 0 Å². The summed E-state index contributed by atoms with van der Waals surface area (Å²) < 4.78 is 27.4. The third-order valence-corrected chi connectivity index (χ3v) is 5.39. The molecule has 1 aliphatic rings. The molecule has 3 rings (SSSR count). The zero-order chi connectivity index (χ0) is 19.4. The third-order valence-electron chi connectivity index (χ3n) is 4.01. The summed E-state index contributed by atoms with van der Waals surface area (Å²) >= 11 is 0. The average molecular weight is 386 g/mol. The molecule has 2 N–H and O–H groups in total. The van der Waals surface area contributed by atoms with Crippen molar-refractivity contribution in [2.75, 3.05) is 10.1 Å². The SMILES string of the molecule is CC1=CC(=NNc2ccc(S(=O)(=O)Nc3ccccc3)cc2[N+](=O)[O-])CC1. The van der Waals surface area contributed by atoms with Crippen LogP contribution in [-0.2, 0) is 10.0 Å². The second kappa shape index (κ2) is 7.58. The Kier molecular flexibility index (Phi) is 5.22. The van der Waals surface area contributed by atoms with E-state index in [4.69, 9.17) is 0 Å². The van der Waals surface area contributed by atoms with Crippen LogP contribution in [0.15, 0.2) is 70.2 Å². The Bertz CT molecular complexity index is 1030. The molecule has 0 aromatic heterocycles. The number of nitro benzene ring substituents is 1. The Labute approximate surface area is 156 Å². The third kappa shape index (κ3) is 4.50. The first-order chi connectivity index (χ1) is 12.8. The molecule has 2 aromatic rings. The first-order valence-corrected chi connectivity index (χ1v) is 9.69. The molecular weight excluding hydrogens is 368 g/mol. The fourth-order valence-corrected chi connectivity index (χ4v) is 3.70. The van der Waals surface area contributed by atoms with Gasteiger partial charge in [-0.3, -0.25) is 20.3 Å². The maximum absolute atomic E-state index is 12.5. The molecule has 2 aromatic carbocycles. The van der Waals surface area contributed by atoms with Gasteiger partial charge in [0.1, 0.15) is 5.69 Å².